The lowest BCUT2D eigenvalue weighted by Crippen LogP contribution is -2.24. The molecule has 0 aliphatic heterocycles. The van der Waals surface area contributed by atoms with Crippen LogP contribution in [0.15, 0.2) is 48.6 Å². The molecule has 0 amide bonds. The van der Waals surface area contributed by atoms with Crippen LogP contribution in [-0.2, 0) is 0 Å². The van der Waals surface area contributed by atoms with Gasteiger partial charge in [-0.3, -0.25) is 0 Å². The molecule has 0 aromatic heterocycles. The summed E-state index contributed by atoms with van der Waals surface area (Å²) in [4.78, 5) is 0. The molecular formula is C24H34Cl2O4. The molecule has 0 saturated heterocycles. The zero-order valence-corrected chi connectivity index (χ0v) is 20.6. The van der Waals surface area contributed by atoms with Gasteiger partial charge in [-0.2, -0.15) is 0 Å². The summed E-state index contributed by atoms with van der Waals surface area (Å²) in [7, 11) is 0. The molecule has 0 aliphatic carbocycles. The van der Waals surface area contributed by atoms with Gasteiger partial charge in [0.25, 0.3) is 0 Å². The highest BCUT2D eigenvalue weighted by Crippen LogP contribution is 2.30. The Balaban J connectivity index is 0.000000537. The number of allylic oxidation sites excluding steroid dienone is 1. The maximum atomic E-state index is 8.75. The van der Waals surface area contributed by atoms with Gasteiger partial charge in [-0.05, 0) is 79.7 Å². The topological polar surface area (TPSA) is 58.9 Å². The molecule has 0 radical (unpaired) electrons. The number of halogens is 2. The molecule has 0 bridgehead atoms. The summed E-state index contributed by atoms with van der Waals surface area (Å²) in [5.41, 5.74) is 0.674. The normalized spacial score (nSPS) is 10.7. The molecule has 6 heteroatoms. The molecule has 0 saturated carbocycles. The minimum Gasteiger partial charge on any atom is -0.508 e. The molecule has 30 heavy (non-hydrogen) atoms. The van der Waals surface area contributed by atoms with E-state index in [1.807, 2.05) is 61.5 Å². The van der Waals surface area contributed by atoms with Gasteiger partial charge in [-0.25, -0.2) is 0 Å². The Bertz CT molecular complexity index is 730. The maximum absolute atomic E-state index is 8.75. The smallest absolute Gasteiger partial charge is 0.125 e. The van der Waals surface area contributed by atoms with Gasteiger partial charge >= 0.3 is 0 Å². The minimum atomic E-state index is -0.246. The highest BCUT2D eigenvalue weighted by Gasteiger charge is 2.16. The van der Waals surface area contributed by atoms with Gasteiger partial charge in [0.15, 0.2) is 0 Å². The second-order valence-electron chi connectivity index (χ2n) is 8.93. The van der Waals surface area contributed by atoms with Gasteiger partial charge in [0.1, 0.15) is 34.2 Å². The third-order valence-electron chi connectivity index (χ3n) is 2.56. The molecular weight excluding hydrogens is 423 g/mol. The molecule has 168 valence electrons. The van der Waals surface area contributed by atoms with E-state index in [1.165, 1.54) is 23.8 Å². The molecule has 2 rings (SSSR count). The first kappa shape index (κ1) is 28.0. The number of hydrogen-bond donors (Lipinski definition) is 2. The van der Waals surface area contributed by atoms with Crippen LogP contribution in [0.2, 0.25) is 10.0 Å². The molecule has 4 nitrogen and oxygen atoms in total. The fourth-order valence-corrected chi connectivity index (χ4v) is 2.36. The van der Waals surface area contributed by atoms with Gasteiger partial charge < -0.3 is 19.7 Å². The van der Waals surface area contributed by atoms with Gasteiger partial charge in [0.2, 0.25) is 0 Å². The third-order valence-corrected chi connectivity index (χ3v) is 3.00. The summed E-state index contributed by atoms with van der Waals surface area (Å²) in [5, 5.41) is 18.4. The van der Waals surface area contributed by atoms with Crippen LogP contribution in [0.3, 0.4) is 0 Å². The SMILES string of the molecule is C=C(C)C.CC(C)(C)Oc1cc(Cl)cc(OC(C)(C)C)c1.Oc1cc(O)cc(Cl)c1. The Labute approximate surface area is 191 Å². The third kappa shape index (κ3) is 15.8. The molecule has 0 atom stereocenters. The molecule has 0 aliphatic rings. The van der Waals surface area contributed by atoms with Gasteiger partial charge in [0.05, 0.1) is 0 Å². The zero-order valence-electron chi connectivity index (χ0n) is 19.1. The van der Waals surface area contributed by atoms with Crippen molar-refractivity contribution >= 4 is 23.2 Å². The number of benzene rings is 2. The van der Waals surface area contributed by atoms with E-state index in [2.05, 4.69) is 6.58 Å². The van der Waals surface area contributed by atoms with E-state index in [4.69, 9.17) is 42.9 Å². The summed E-state index contributed by atoms with van der Waals surface area (Å²) < 4.78 is 11.5. The first-order valence-electron chi connectivity index (χ1n) is 9.46. The van der Waals surface area contributed by atoms with Crippen molar-refractivity contribution in [3.63, 3.8) is 0 Å². The second kappa shape index (κ2) is 12.0. The fourth-order valence-electron chi connectivity index (χ4n) is 1.92. The average molecular weight is 457 g/mol. The lowest BCUT2D eigenvalue weighted by molar-refractivity contribution is 0.121. The van der Waals surface area contributed by atoms with E-state index in [-0.39, 0.29) is 22.7 Å². The van der Waals surface area contributed by atoms with Crippen molar-refractivity contribution in [2.75, 3.05) is 0 Å². The Morgan fingerprint density at radius 2 is 1.00 bits per heavy atom. The van der Waals surface area contributed by atoms with Crippen LogP contribution < -0.4 is 9.47 Å². The van der Waals surface area contributed by atoms with E-state index in [9.17, 15) is 0 Å². The maximum Gasteiger partial charge on any atom is 0.125 e. The van der Waals surface area contributed by atoms with Crippen LogP contribution in [0, 0.1) is 0 Å². The van der Waals surface area contributed by atoms with E-state index in [0.29, 0.717) is 10.0 Å². The van der Waals surface area contributed by atoms with E-state index >= 15 is 0 Å². The van der Waals surface area contributed by atoms with Crippen LogP contribution in [0.5, 0.6) is 23.0 Å². The zero-order chi connectivity index (χ0) is 23.7. The summed E-state index contributed by atoms with van der Waals surface area (Å²) in [5.74, 6) is 1.40. The van der Waals surface area contributed by atoms with Crippen molar-refractivity contribution in [2.24, 2.45) is 0 Å². The predicted octanol–water partition coefficient (Wildman–Crippen LogP) is 8.03. The molecule has 2 N–H and O–H groups in total. The molecule has 0 heterocycles. The molecule has 2 aromatic carbocycles. The largest absolute Gasteiger partial charge is 0.508 e. The van der Waals surface area contributed by atoms with Crippen LogP contribution in [0.1, 0.15) is 55.4 Å². The summed E-state index contributed by atoms with van der Waals surface area (Å²) in [6, 6.07) is 9.36. The number of aromatic hydroxyl groups is 2. The second-order valence-corrected chi connectivity index (χ2v) is 9.80. The first-order valence-corrected chi connectivity index (χ1v) is 10.2. The monoisotopic (exact) mass is 456 g/mol. The highest BCUT2D eigenvalue weighted by atomic mass is 35.5. The standard InChI is InChI=1S/C14H21ClO2.C6H5ClO2.C4H8/c1-13(2,3)16-11-7-10(15)8-12(9-11)17-14(4,5)6;7-4-1-5(8)3-6(9)2-4;1-4(2)3/h7-9H,1-6H3;1-3,8-9H;1H2,2-3H3. The van der Waals surface area contributed by atoms with Gasteiger partial charge in [-0.1, -0.05) is 28.8 Å². The van der Waals surface area contributed by atoms with Crippen LogP contribution in [-0.4, -0.2) is 21.4 Å². The predicted molar refractivity (Wildman–Crippen MR) is 127 cm³/mol. The quantitative estimate of drug-likeness (QED) is 0.448. The van der Waals surface area contributed by atoms with Gasteiger partial charge in [0, 0.05) is 22.2 Å². The van der Waals surface area contributed by atoms with E-state index in [0.717, 1.165) is 11.5 Å². The van der Waals surface area contributed by atoms with Crippen molar-refractivity contribution in [3.05, 3.63) is 58.6 Å². The number of rotatable bonds is 2. The Hall–Kier alpha value is -2.04. The molecule has 0 unspecified atom stereocenters. The van der Waals surface area contributed by atoms with Crippen molar-refractivity contribution in [1.29, 1.82) is 0 Å². The van der Waals surface area contributed by atoms with Crippen LogP contribution >= 0.6 is 23.2 Å². The molecule has 0 spiro atoms. The molecule has 0 fully saturated rings. The Kier molecular flexibility index (Phi) is 11.2. The van der Waals surface area contributed by atoms with Crippen LogP contribution in [0.4, 0.5) is 0 Å². The number of phenolic OH excluding ortho intramolecular Hbond substituents is 2. The summed E-state index contributed by atoms with van der Waals surface area (Å²) in [6.45, 7) is 19.5. The summed E-state index contributed by atoms with van der Waals surface area (Å²) in [6.07, 6.45) is 0. The lowest BCUT2D eigenvalue weighted by atomic mass is 10.2. The number of phenols is 2. The summed E-state index contributed by atoms with van der Waals surface area (Å²) >= 11 is 11.5. The fraction of sp³-hybridized carbons (Fsp3) is 0.417. The first-order chi connectivity index (χ1) is 13.5. The highest BCUT2D eigenvalue weighted by molar-refractivity contribution is 6.31. The van der Waals surface area contributed by atoms with Crippen molar-refractivity contribution in [2.45, 2.75) is 66.6 Å². The van der Waals surface area contributed by atoms with E-state index < -0.39 is 0 Å². The van der Waals surface area contributed by atoms with Crippen LogP contribution in [0.25, 0.3) is 0 Å². The minimum absolute atomic E-state index is 0.0278. The molecule has 2 aromatic rings. The lowest BCUT2D eigenvalue weighted by Gasteiger charge is -2.24. The number of hydrogen-bond acceptors (Lipinski definition) is 4. The average Bonchev–Trinajstić information content (AvgIpc) is 2.40. The van der Waals surface area contributed by atoms with Crippen molar-refractivity contribution < 1.29 is 19.7 Å². The van der Waals surface area contributed by atoms with Gasteiger partial charge in [-0.15, -0.1) is 6.58 Å². The Morgan fingerprint density at radius 3 is 1.27 bits per heavy atom. The Morgan fingerprint density at radius 1 is 0.700 bits per heavy atom. The van der Waals surface area contributed by atoms with Crippen molar-refractivity contribution in [3.8, 4) is 23.0 Å². The van der Waals surface area contributed by atoms with Crippen molar-refractivity contribution in [1.82, 2.24) is 0 Å². The number of ether oxygens (including phenoxy) is 2. The van der Waals surface area contributed by atoms with E-state index in [1.54, 1.807) is 12.1 Å².